The molecule has 3 nitrogen and oxygen atoms in total. The van der Waals surface area contributed by atoms with Crippen molar-refractivity contribution in [3.63, 3.8) is 0 Å². The van der Waals surface area contributed by atoms with Gasteiger partial charge in [-0.15, -0.1) is 11.3 Å². The van der Waals surface area contributed by atoms with Crippen LogP contribution in [0.5, 0.6) is 0 Å². The third kappa shape index (κ3) is 3.31. The standard InChI is InChI=1S/C14H19N3S/c1-14(2,11-3-5-12(15)6-4-11)9-16-7-13-8-18-10-17-13/h3-6,8,10,16H,7,9,15H2,1-2H3. The minimum Gasteiger partial charge on any atom is -0.399 e. The lowest BCUT2D eigenvalue weighted by Crippen LogP contribution is -2.32. The van der Waals surface area contributed by atoms with Gasteiger partial charge in [0.15, 0.2) is 0 Å². The Morgan fingerprint density at radius 2 is 2.00 bits per heavy atom. The monoisotopic (exact) mass is 261 g/mol. The number of nitrogens with one attached hydrogen (secondary N) is 1. The summed E-state index contributed by atoms with van der Waals surface area (Å²) in [5.41, 5.74) is 10.9. The lowest BCUT2D eigenvalue weighted by atomic mass is 9.84. The van der Waals surface area contributed by atoms with Gasteiger partial charge in [-0.3, -0.25) is 0 Å². The number of hydrogen-bond acceptors (Lipinski definition) is 4. The maximum Gasteiger partial charge on any atom is 0.0795 e. The predicted octanol–water partition coefficient (Wildman–Crippen LogP) is 2.79. The summed E-state index contributed by atoms with van der Waals surface area (Å²) in [5, 5.41) is 5.53. The highest BCUT2D eigenvalue weighted by molar-refractivity contribution is 7.07. The first-order valence-corrected chi connectivity index (χ1v) is 6.96. The minimum absolute atomic E-state index is 0.0870. The molecule has 0 atom stereocenters. The van der Waals surface area contributed by atoms with Gasteiger partial charge in [0.2, 0.25) is 0 Å². The summed E-state index contributed by atoms with van der Waals surface area (Å²) in [5.74, 6) is 0. The molecule has 0 saturated carbocycles. The van der Waals surface area contributed by atoms with E-state index >= 15 is 0 Å². The smallest absolute Gasteiger partial charge is 0.0795 e. The summed E-state index contributed by atoms with van der Waals surface area (Å²) in [6.45, 7) is 6.19. The first kappa shape index (κ1) is 13.1. The maximum atomic E-state index is 5.71. The number of rotatable bonds is 5. The van der Waals surface area contributed by atoms with E-state index in [1.165, 1.54) is 5.56 Å². The third-order valence-corrected chi connectivity index (χ3v) is 3.68. The Labute approximate surface area is 112 Å². The molecule has 0 fully saturated rings. The largest absolute Gasteiger partial charge is 0.399 e. The number of thiazole rings is 1. The number of anilines is 1. The van der Waals surface area contributed by atoms with Crippen molar-refractivity contribution in [3.05, 3.63) is 46.4 Å². The topological polar surface area (TPSA) is 50.9 Å². The fraction of sp³-hybridized carbons (Fsp3) is 0.357. The molecule has 0 spiro atoms. The summed E-state index contributed by atoms with van der Waals surface area (Å²) in [6, 6.07) is 8.11. The predicted molar refractivity (Wildman–Crippen MR) is 77.7 cm³/mol. The van der Waals surface area contributed by atoms with Gasteiger partial charge in [0.05, 0.1) is 11.2 Å². The molecule has 1 aromatic heterocycles. The van der Waals surface area contributed by atoms with Gasteiger partial charge in [-0.05, 0) is 17.7 Å². The van der Waals surface area contributed by atoms with Crippen molar-refractivity contribution in [3.8, 4) is 0 Å². The fourth-order valence-electron chi connectivity index (χ4n) is 1.86. The van der Waals surface area contributed by atoms with E-state index in [-0.39, 0.29) is 5.41 Å². The summed E-state index contributed by atoms with van der Waals surface area (Å²) >= 11 is 1.63. The maximum absolute atomic E-state index is 5.71. The van der Waals surface area contributed by atoms with Crippen LogP contribution in [0.4, 0.5) is 5.69 Å². The number of nitrogens with zero attached hydrogens (tertiary/aromatic N) is 1. The van der Waals surface area contributed by atoms with E-state index in [0.717, 1.165) is 24.5 Å². The van der Waals surface area contributed by atoms with Gasteiger partial charge in [-0.1, -0.05) is 26.0 Å². The quantitative estimate of drug-likeness (QED) is 0.814. The zero-order valence-electron chi connectivity index (χ0n) is 10.8. The minimum atomic E-state index is 0.0870. The molecule has 0 amide bonds. The molecule has 0 saturated heterocycles. The Hall–Kier alpha value is -1.39. The first-order chi connectivity index (χ1) is 8.58. The van der Waals surface area contributed by atoms with E-state index in [1.807, 2.05) is 17.6 Å². The fourth-order valence-corrected chi connectivity index (χ4v) is 2.42. The van der Waals surface area contributed by atoms with Crippen LogP contribution < -0.4 is 11.1 Å². The van der Waals surface area contributed by atoms with Crippen molar-refractivity contribution in [2.75, 3.05) is 12.3 Å². The molecule has 0 radical (unpaired) electrons. The van der Waals surface area contributed by atoms with Crippen LogP contribution in [-0.4, -0.2) is 11.5 Å². The van der Waals surface area contributed by atoms with Gasteiger partial charge in [-0.2, -0.15) is 0 Å². The second-order valence-corrected chi connectivity index (χ2v) is 5.81. The molecule has 2 rings (SSSR count). The third-order valence-electron chi connectivity index (χ3n) is 3.05. The molecule has 18 heavy (non-hydrogen) atoms. The molecular formula is C14H19N3S. The Morgan fingerprint density at radius 3 is 2.61 bits per heavy atom. The Bertz CT molecular complexity index is 474. The van der Waals surface area contributed by atoms with E-state index in [1.54, 1.807) is 11.3 Å². The van der Waals surface area contributed by atoms with E-state index in [0.29, 0.717) is 0 Å². The van der Waals surface area contributed by atoms with Crippen LogP contribution >= 0.6 is 11.3 Å². The van der Waals surface area contributed by atoms with Crippen LogP contribution in [0.25, 0.3) is 0 Å². The average molecular weight is 261 g/mol. The van der Waals surface area contributed by atoms with Crippen LogP contribution in [0.1, 0.15) is 25.1 Å². The zero-order chi connectivity index (χ0) is 13.0. The van der Waals surface area contributed by atoms with Crippen LogP contribution in [0.2, 0.25) is 0 Å². The second-order valence-electron chi connectivity index (χ2n) is 5.09. The molecule has 0 aliphatic rings. The van der Waals surface area contributed by atoms with Crippen molar-refractivity contribution in [2.24, 2.45) is 0 Å². The van der Waals surface area contributed by atoms with E-state index < -0.39 is 0 Å². The van der Waals surface area contributed by atoms with Gasteiger partial charge in [-0.25, -0.2) is 4.98 Å². The van der Waals surface area contributed by atoms with Gasteiger partial charge >= 0.3 is 0 Å². The van der Waals surface area contributed by atoms with Crippen LogP contribution in [0, 0.1) is 0 Å². The molecule has 4 heteroatoms. The zero-order valence-corrected chi connectivity index (χ0v) is 11.6. The molecule has 1 aromatic carbocycles. The Balaban J connectivity index is 1.92. The van der Waals surface area contributed by atoms with Crippen LogP contribution in [0.15, 0.2) is 35.2 Å². The number of hydrogen-bond donors (Lipinski definition) is 2. The number of aromatic nitrogens is 1. The first-order valence-electron chi connectivity index (χ1n) is 6.02. The number of nitrogen functional groups attached to an aromatic ring is 1. The van der Waals surface area contributed by atoms with E-state index in [2.05, 4.69) is 41.7 Å². The lowest BCUT2D eigenvalue weighted by Gasteiger charge is -2.25. The SMILES string of the molecule is CC(C)(CNCc1cscn1)c1ccc(N)cc1. The van der Waals surface area contributed by atoms with E-state index in [9.17, 15) is 0 Å². The van der Waals surface area contributed by atoms with Crippen molar-refractivity contribution in [1.29, 1.82) is 0 Å². The van der Waals surface area contributed by atoms with Crippen molar-refractivity contribution in [2.45, 2.75) is 25.8 Å². The van der Waals surface area contributed by atoms with Crippen molar-refractivity contribution < 1.29 is 0 Å². The molecule has 96 valence electrons. The average Bonchev–Trinajstić information content (AvgIpc) is 2.82. The normalized spacial score (nSPS) is 11.7. The highest BCUT2D eigenvalue weighted by atomic mass is 32.1. The van der Waals surface area contributed by atoms with Gasteiger partial charge in [0.25, 0.3) is 0 Å². The number of nitrogens with two attached hydrogens (primary N) is 1. The van der Waals surface area contributed by atoms with Gasteiger partial charge in [0.1, 0.15) is 0 Å². The Kier molecular flexibility index (Phi) is 3.99. The van der Waals surface area contributed by atoms with Gasteiger partial charge in [0, 0.05) is 29.6 Å². The Morgan fingerprint density at radius 1 is 1.28 bits per heavy atom. The van der Waals surface area contributed by atoms with E-state index in [4.69, 9.17) is 5.73 Å². The molecule has 2 aromatic rings. The summed E-state index contributed by atoms with van der Waals surface area (Å²) in [7, 11) is 0. The molecule has 3 N–H and O–H groups in total. The number of benzene rings is 1. The molecular weight excluding hydrogens is 242 g/mol. The molecule has 0 unspecified atom stereocenters. The summed E-state index contributed by atoms with van der Waals surface area (Å²) in [6.07, 6.45) is 0. The van der Waals surface area contributed by atoms with Gasteiger partial charge < -0.3 is 11.1 Å². The highest BCUT2D eigenvalue weighted by Crippen LogP contribution is 2.23. The molecule has 0 aliphatic carbocycles. The molecule has 1 heterocycles. The molecule has 0 aliphatic heterocycles. The summed E-state index contributed by atoms with van der Waals surface area (Å²) < 4.78 is 0. The molecule has 0 bridgehead atoms. The van der Waals surface area contributed by atoms with Crippen LogP contribution in [0.3, 0.4) is 0 Å². The highest BCUT2D eigenvalue weighted by Gasteiger charge is 2.19. The second kappa shape index (κ2) is 5.50. The van der Waals surface area contributed by atoms with Crippen molar-refractivity contribution in [1.82, 2.24) is 10.3 Å². The summed E-state index contributed by atoms with van der Waals surface area (Å²) in [4.78, 5) is 4.26. The lowest BCUT2D eigenvalue weighted by molar-refractivity contribution is 0.467. The van der Waals surface area contributed by atoms with Crippen molar-refractivity contribution >= 4 is 17.0 Å². The van der Waals surface area contributed by atoms with Crippen LogP contribution in [-0.2, 0) is 12.0 Å².